The molecular formula is C20H13ClF2N4O3S2. The fraction of sp³-hybridized carbons (Fsp3) is 0.100. The van der Waals surface area contributed by atoms with Crippen LogP contribution in [-0.2, 0) is 4.79 Å². The van der Waals surface area contributed by atoms with Crippen LogP contribution in [0.25, 0.3) is 22.7 Å². The number of amides is 1. The molecule has 0 fully saturated rings. The van der Waals surface area contributed by atoms with E-state index in [0.717, 1.165) is 11.8 Å². The summed E-state index contributed by atoms with van der Waals surface area (Å²) in [4.78, 5) is 16.5. The van der Waals surface area contributed by atoms with Crippen molar-refractivity contribution in [2.75, 3.05) is 11.1 Å². The summed E-state index contributed by atoms with van der Waals surface area (Å²) in [6.45, 7) is -2.95. The molecule has 0 unspecified atom stereocenters. The van der Waals surface area contributed by atoms with Crippen molar-refractivity contribution in [1.29, 1.82) is 0 Å². The van der Waals surface area contributed by atoms with Crippen LogP contribution in [0.5, 0.6) is 5.75 Å². The molecule has 0 saturated carbocycles. The summed E-state index contributed by atoms with van der Waals surface area (Å²) in [6, 6.07) is 13.2. The first kappa shape index (κ1) is 22.2. The van der Waals surface area contributed by atoms with Crippen molar-refractivity contribution in [3.05, 3.63) is 58.9 Å². The Kier molecular flexibility index (Phi) is 6.98. The lowest BCUT2D eigenvalue weighted by molar-refractivity contribution is -0.113. The Morgan fingerprint density at radius 3 is 2.75 bits per heavy atom. The molecule has 2 aromatic carbocycles. The molecule has 0 atom stereocenters. The van der Waals surface area contributed by atoms with E-state index in [1.807, 2.05) is 0 Å². The van der Waals surface area contributed by atoms with E-state index in [1.54, 1.807) is 47.8 Å². The first-order valence-corrected chi connectivity index (χ1v) is 11.2. The fourth-order valence-electron chi connectivity index (χ4n) is 2.59. The van der Waals surface area contributed by atoms with Gasteiger partial charge in [0.1, 0.15) is 5.75 Å². The monoisotopic (exact) mass is 494 g/mol. The SMILES string of the molecule is O=C(CSc1nnc(-c2ccc(Cl)cc2)o1)Nc1nc(-c2ccccc2OC(F)F)cs1. The van der Waals surface area contributed by atoms with E-state index < -0.39 is 6.61 Å². The van der Waals surface area contributed by atoms with Crippen LogP contribution in [-0.4, -0.2) is 33.5 Å². The molecule has 32 heavy (non-hydrogen) atoms. The Labute approximate surface area is 193 Å². The molecule has 0 saturated heterocycles. The second-order valence-corrected chi connectivity index (χ2v) is 8.35. The normalized spacial score (nSPS) is 11.0. The van der Waals surface area contributed by atoms with Gasteiger partial charge in [0.05, 0.1) is 11.4 Å². The molecule has 7 nitrogen and oxygen atoms in total. The summed E-state index contributed by atoms with van der Waals surface area (Å²) < 4.78 is 35.3. The number of carbonyl (C=O) groups excluding carboxylic acids is 1. The number of nitrogens with zero attached hydrogens (tertiary/aromatic N) is 3. The van der Waals surface area contributed by atoms with E-state index in [9.17, 15) is 13.6 Å². The number of thiazole rings is 1. The largest absolute Gasteiger partial charge is 0.434 e. The smallest absolute Gasteiger partial charge is 0.387 e. The number of ether oxygens (including phenoxy) is 1. The standard InChI is InChI=1S/C20H13ClF2N4O3S2/c21-12-7-5-11(6-8-12)17-26-27-20(30-17)32-10-16(28)25-19-24-14(9-31-19)13-3-1-2-4-15(13)29-18(22)23/h1-9,18H,10H2,(H,24,25,28). The number of alkyl halides is 2. The molecule has 0 bridgehead atoms. The number of para-hydroxylation sites is 1. The van der Waals surface area contributed by atoms with Gasteiger partial charge in [-0.25, -0.2) is 4.98 Å². The van der Waals surface area contributed by atoms with E-state index in [2.05, 4.69) is 25.2 Å². The van der Waals surface area contributed by atoms with Crippen LogP contribution in [0, 0.1) is 0 Å². The van der Waals surface area contributed by atoms with Gasteiger partial charge in [-0.3, -0.25) is 4.79 Å². The summed E-state index contributed by atoms with van der Waals surface area (Å²) in [7, 11) is 0. The number of aromatic nitrogens is 3. The van der Waals surface area contributed by atoms with Crippen molar-refractivity contribution in [2.24, 2.45) is 0 Å². The number of thioether (sulfide) groups is 1. The molecule has 0 aliphatic rings. The van der Waals surface area contributed by atoms with Gasteiger partial charge in [-0.2, -0.15) is 8.78 Å². The Balaban J connectivity index is 1.35. The molecule has 2 heterocycles. The van der Waals surface area contributed by atoms with E-state index in [4.69, 9.17) is 16.0 Å². The van der Waals surface area contributed by atoms with E-state index >= 15 is 0 Å². The summed E-state index contributed by atoms with van der Waals surface area (Å²) >= 11 is 8.10. The van der Waals surface area contributed by atoms with E-state index in [-0.39, 0.29) is 22.6 Å². The summed E-state index contributed by atoms with van der Waals surface area (Å²) in [5, 5.41) is 13.3. The minimum absolute atomic E-state index is 0.00844. The summed E-state index contributed by atoms with van der Waals surface area (Å²) in [5.74, 6) is 0.00889. The topological polar surface area (TPSA) is 90.1 Å². The van der Waals surface area contributed by atoms with Crippen LogP contribution in [0.1, 0.15) is 0 Å². The Hall–Kier alpha value is -3.02. The zero-order valence-electron chi connectivity index (χ0n) is 16.0. The van der Waals surface area contributed by atoms with Gasteiger partial charge < -0.3 is 14.5 Å². The maximum atomic E-state index is 12.6. The number of rotatable bonds is 8. The number of benzene rings is 2. The van der Waals surface area contributed by atoms with Crippen LogP contribution in [0.2, 0.25) is 5.02 Å². The second-order valence-electron chi connectivity index (χ2n) is 6.13. The molecule has 1 N–H and O–H groups in total. The molecule has 1 amide bonds. The predicted octanol–water partition coefficient (Wildman–Crippen LogP) is 5.85. The molecule has 4 rings (SSSR count). The minimum atomic E-state index is -2.95. The van der Waals surface area contributed by atoms with Gasteiger partial charge in [0.25, 0.3) is 5.22 Å². The van der Waals surface area contributed by atoms with Gasteiger partial charge in [-0.1, -0.05) is 35.5 Å². The average molecular weight is 495 g/mol. The molecular weight excluding hydrogens is 482 g/mol. The first-order chi connectivity index (χ1) is 15.5. The van der Waals surface area contributed by atoms with Crippen molar-refractivity contribution >= 4 is 45.7 Å². The molecule has 0 aliphatic carbocycles. The quantitative estimate of drug-likeness (QED) is 0.307. The van der Waals surface area contributed by atoms with Crippen LogP contribution >= 0.6 is 34.7 Å². The zero-order valence-corrected chi connectivity index (χ0v) is 18.4. The minimum Gasteiger partial charge on any atom is -0.434 e. The zero-order chi connectivity index (χ0) is 22.5. The highest BCUT2D eigenvalue weighted by atomic mass is 35.5. The second kappa shape index (κ2) is 10.1. The van der Waals surface area contributed by atoms with Gasteiger partial charge in [0, 0.05) is 21.5 Å². The Morgan fingerprint density at radius 2 is 1.97 bits per heavy atom. The highest BCUT2D eigenvalue weighted by molar-refractivity contribution is 7.99. The number of anilines is 1. The van der Waals surface area contributed by atoms with Crippen LogP contribution in [0.15, 0.2) is 63.6 Å². The van der Waals surface area contributed by atoms with Crippen LogP contribution in [0.3, 0.4) is 0 Å². The third-order valence-electron chi connectivity index (χ3n) is 3.95. The summed E-state index contributed by atoms with van der Waals surface area (Å²) in [5.41, 5.74) is 1.53. The number of carbonyl (C=O) groups is 1. The number of hydrogen-bond donors (Lipinski definition) is 1. The molecule has 0 radical (unpaired) electrons. The van der Waals surface area contributed by atoms with Crippen molar-refractivity contribution in [3.63, 3.8) is 0 Å². The van der Waals surface area contributed by atoms with Gasteiger partial charge in [0.2, 0.25) is 11.8 Å². The van der Waals surface area contributed by atoms with Crippen LogP contribution < -0.4 is 10.1 Å². The van der Waals surface area contributed by atoms with Crippen molar-refractivity contribution < 1.29 is 22.7 Å². The number of halogens is 3. The number of nitrogens with one attached hydrogen (secondary N) is 1. The highest BCUT2D eigenvalue weighted by Gasteiger charge is 2.15. The van der Waals surface area contributed by atoms with E-state index in [0.29, 0.717) is 32.9 Å². The maximum absolute atomic E-state index is 12.6. The lowest BCUT2D eigenvalue weighted by atomic mass is 10.1. The average Bonchev–Trinajstić information content (AvgIpc) is 3.43. The molecule has 0 spiro atoms. The molecule has 0 aliphatic heterocycles. The molecule has 12 heteroatoms. The van der Waals surface area contributed by atoms with Gasteiger partial charge in [-0.15, -0.1) is 21.5 Å². The summed E-state index contributed by atoms with van der Waals surface area (Å²) in [6.07, 6.45) is 0. The highest BCUT2D eigenvalue weighted by Crippen LogP contribution is 2.33. The van der Waals surface area contributed by atoms with E-state index in [1.165, 1.54) is 17.4 Å². The lowest BCUT2D eigenvalue weighted by Gasteiger charge is -2.08. The van der Waals surface area contributed by atoms with Gasteiger partial charge in [-0.05, 0) is 36.4 Å². The van der Waals surface area contributed by atoms with Gasteiger partial charge >= 0.3 is 6.61 Å². The lowest BCUT2D eigenvalue weighted by Crippen LogP contribution is -2.13. The third-order valence-corrected chi connectivity index (χ3v) is 5.78. The third kappa shape index (κ3) is 5.61. The maximum Gasteiger partial charge on any atom is 0.387 e. The van der Waals surface area contributed by atoms with Crippen molar-refractivity contribution in [3.8, 4) is 28.5 Å². The Morgan fingerprint density at radius 1 is 1.19 bits per heavy atom. The number of hydrogen-bond acceptors (Lipinski definition) is 8. The van der Waals surface area contributed by atoms with Crippen molar-refractivity contribution in [1.82, 2.24) is 15.2 Å². The van der Waals surface area contributed by atoms with Crippen molar-refractivity contribution in [2.45, 2.75) is 11.8 Å². The predicted molar refractivity (Wildman–Crippen MR) is 118 cm³/mol. The molecule has 164 valence electrons. The van der Waals surface area contributed by atoms with Gasteiger partial charge in [0.15, 0.2) is 5.13 Å². The molecule has 4 aromatic rings. The first-order valence-electron chi connectivity index (χ1n) is 9.00. The molecule has 2 aromatic heterocycles. The fourth-order valence-corrected chi connectivity index (χ4v) is 4.01. The van der Waals surface area contributed by atoms with Crippen LogP contribution in [0.4, 0.5) is 13.9 Å². The Bertz CT molecular complexity index is 1220.